The zero-order valence-electron chi connectivity index (χ0n) is 9.15. The first-order chi connectivity index (χ1) is 8.08. The molecule has 1 heterocycles. The highest BCUT2D eigenvalue weighted by molar-refractivity contribution is 6.30. The Morgan fingerprint density at radius 2 is 2.29 bits per heavy atom. The molecule has 0 aliphatic heterocycles. The number of aromatic nitrogens is 2. The summed E-state index contributed by atoms with van der Waals surface area (Å²) in [6, 6.07) is 4.29. The van der Waals surface area contributed by atoms with Crippen LogP contribution in [0.4, 0.5) is 4.39 Å². The second-order valence-electron chi connectivity index (χ2n) is 3.73. The number of ketones is 1. The SMILES string of the molecule is Cn1cncc1C(=O)Cc1ccc(Cl)cc1F. The molecule has 0 aliphatic carbocycles. The number of benzene rings is 1. The first kappa shape index (κ1) is 11.8. The quantitative estimate of drug-likeness (QED) is 0.787. The van der Waals surface area contributed by atoms with E-state index in [0.717, 1.165) is 0 Å². The van der Waals surface area contributed by atoms with Crippen LogP contribution in [-0.2, 0) is 13.5 Å². The van der Waals surface area contributed by atoms with Crippen molar-refractivity contribution in [2.45, 2.75) is 6.42 Å². The highest BCUT2D eigenvalue weighted by Crippen LogP contribution is 2.16. The Balaban J connectivity index is 2.22. The molecule has 0 aliphatic rings. The van der Waals surface area contributed by atoms with Crippen molar-refractivity contribution in [3.05, 3.63) is 52.8 Å². The average molecular weight is 253 g/mol. The first-order valence-corrected chi connectivity index (χ1v) is 5.39. The number of carbonyl (C=O) groups excluding carboxylic acids is 1. The van der Waals surface area contributed by atoms with Crippen LogP contribution in [0.1, 0.15) is 16.1 Å². The lowest BCUT2D eigenvalue weighted by molar-refractivity contribution is 0.0984. The Labute approximate surface area is 103 Å². The number of rotatable bonds is 3. The van der Waals surface area contributed by atoms with Gasteiger partial charge >= 0.3 is 0 Å². The van der Waals surface area contributed by atoms with E-state index in [-0.39, 0.29) is 12.2 Å². The van der Waals surface area contributed by atoms with Gasteiger partial charge in [-0.25, -0.2) is 9.37 Å². The summed E-state index contributed by atoms with van der Waals surface area (Å²) >= 11 is 5.64. The number of nitrogens with zero attached hydrogens (tertiary/aromatic N) is 2. The molecule has 3 nitrogen and oxygen atoms in total. The smallest absolute Gasteiger partial charge is 0.185 e. The number of Topliss-reactive ketones (excluding diaryl/α,β-unsaturated/α-hetero) is 1. The van der Waals surface area contributed by atoms with E-state index >= 15 is 0 Å². The molecule has 0 amide bonds. The van der Waals surface area contributed by atoms with Crippen LogP contribution in [0.25, 0.3) is 0 Å². The zero-order valence-corrected chi connectivity index (χ0v) is 9.91. The number of hydrogen-bond acceptors (Lipinski definition) is 2. The summed E-state index contributed by atoms with van der Waals surface area (Å²) < 4.78 is 15.1. The molecule has 0 atom stereocenters. The van der Waals surface area contributed by atoms with Gasteiger partial charge in [-0.15, -0.1) is 0 Å². The number of hydrogen-bond donors (Lipinski definition) is 0. The summed E-state index contributed by atoms with van der Waals surface area (Å²) in [7, 11) is 1.72. The molecule has 5 heteroatoms. The van der Waals surface area contributed by atoms with Crippen LogP contribution in [0.3, 0.4) is 0 Å². The lowest BCUT2D eigenvalue weighted by atomic mass is 10.1. The molecule has 88 valence electrons. The fourth-order valence-electron chi connectivity index (χ4n) is 1.55. The Kier molecular flexibility index (Phi) is 3.24. The molecule has 0 unspecified atom stereocenters. The van der Waals surface area contributed by atoms with Crippen molar-refractivity contribution in [3.63, 3.8) is 0 Å². The van der Waals surface area contributed by atoms with Crippen molar-refractivity contribution in [2.24, 2.45) is 7.05 Å². The van der Waals surface area contributed by atoms with E-state index in [1.807, 2.05) is 0 Å². The molecular weight excluding hydrogens is 243 g/mol. The van der Waals surface area contributed by atoms with Gasteiger partial charge in [0.2, 0.25) is 0 Å². The van der Waals surface area contributed by atoms with Gasteiger partial charge in [-0.3, -0.25) is 4.79 Å². The standard InChI is InChI=1S/C12H10ClFN2O/c1-16-7-15-6-11(16)12(17)4-8-2-3-9(13)5-10(8)14/h2-3,5-7H,4H2,1H3. The molecule has 0 radical (unpaired) electrons. The van der Waals surface area contributed by atoms with Gasteiger partial charge in [0.25, 0.3) is 0 Å². The van der Waals surface area contributed by atoms with Gasteiger partial charge in [-0.1, -0.05) is 17.7 Å². The van der Waals surface area contributed by atoms with Gasteiger partial charge in [0.15, 0.2) is 5.78 Å². The van der Waals surface area contributed by atoms with Crippen LogP contribution in [0.5, 0.6) is 0 Å². The highest BCUT2D eigenvalue weighted by Gasteiger charge is 2.13. The van der Waals surface area contributed by atoms with Crippen molar-refractivity contribution < 1.29 is 9.18 Å². The van der Waals surface area contributed by atoms with Gasteiger partial charge in [0.05, 0.1) is 12.5 Å². The first-order valence-electron chi connectivity index (χ1n) is 5.01. The minimum atomic E-state index is -0.465. The van der Waals surface area contributed by atoms with Crippen molar-refractivity contribution in [3.8, 4) is 0 Å². The predicted octanol–water partition coefficient (Wildman–Crippen LogP) is 2.64. The van der Waals surface area contributed by atoms with Gasteiger partial charge in [-0.2, -0.15) is 0 Å². The molecule has 0 bridgehead atoms. The number of aryl methyl sites for hydroxylation is 1. The van der Waals surface area contributed by atoms with Gasteiger partial charge < -0.3 is 4.57 Å². The van der Waals surface area contributed by atoms with Crippen LogP contribution in [0, 0.1) is 5.82 Å². The molecule has 0 spiro atoms. The Morgan fingerprint density at radius 3 is 2.88 bits per heavy atom. The highest BCUT2D eigenvalue weighted by atomic mass is 35.5. The molecule has 2 aromatic rings. The minimum Gasteiger partial charge on any atom is -0.331 e. The topological polar surface area (TPSA) is 34.9 Å². The molecule has 0 saturated heterocycles. The van der Waals surface area contributed by atoms with E-state index < -0.39 is 5.82 Å². The van der Waals surface area contributed by atoms with E-state index in [2.05, 4.69) is 4.98 Å². The van der Waals surface area contributed by atoms with Crippen molar-refractivity contribution in [1.82, 2.24) is 9.55 Å². The van der Waals surface area contributed by atoms with Gasteiger partial charge in [0, 0.05) is 18.5 Å². The zero-order chi connectivity index (χ0) is 12.4. The van der Waals surface area contributed by atoms with Crippen LogP contribution in [0.15, 0.2) is 30.7 Å². The molecule has 1 aromatic heterocycles. The van der Waals surface area contributed by atoms with Crippen molar-refractivity contribution in [1.29, 1.82) is 0 Å². The third-order valence-electron chi connectivity index (χ3n) is 2.47. The van der Waals surface area contributed by atoms with E-state index in [1.54, 1.807) is 17.7 Å². The summed E-state index contributed by atoms with van der Waals surface area (Å²) in [5.74, 6) is -0.640. The maximum absolute atomic E-state index is 13.5. The van der Waals surface area contributed by atoms with Gasteiger partial charge in [0.1, 0.15) is 11.5 Å². The molecule has 0 N–H and O–H groups in total. The second-order valence-corrected chi connectivity index (χ2v) is 4.16. The maximum Gasteiger partial charge on any atom is 0.185 e. The number of imidazole rings is 1. The predicted molar refractivity (Wildman–Crippen MR) is 62.7 cm³/mol. The second kappa shape index (κ2) is 4.67. The van der Waals surface area contributed by atoms with Crippen LogP contribution >= 0.6 is 11.6 Å². The fraction of sp³-hybridized carbons (Fsp3) is 0.167. The molecule has 0 saturated carbocycles. The summed E-state index contributed by atoms with van der Waals surface area (Å²) in [6.07, 6.45) is 3.00. The van der Waals surface area contributed by atoms with Crippen LogP contribution in [-0.4, -0.2) is 15.3 Å². The number of carbonyl (C=O) groups is 1. The third kappa shape index (κ3) is 2.53. The molecular formula is C12H10ClFN2O. The van der Waals surface area contributed by atoms with E-state index in [4.69, 9.17) is 11.6 Å². The van der Waals surface area contributed by atoms with Gasteiger partial charge in [-0.05, 0) is 17.7 Å². The van der Waals surface area contributed by atoms with E-state index in [1.165, 1.54) is 24.7 Å². The maximum atomic E-state index is 13.5. The normalized spacial score (nSPS) is 10.5. The molecule has 2 rings (SSSR count). The monoisotopic (exact) mass is 252 g/mol. The summed E-state index contributed by atoms with van der Waals surface area (Å²) in [6.45, 7) is 0. The van der Waals surface area contributed by atoms with Crippen molar-refractivity contribution in [2.75, 3.05) is 0 Å². The number of halogens is 2. The summed E-state index contributed by atoms with van der Waals surface area (Å²) in [4.78, 5) is 15.7. The Bertz CT molecular complexity index is 565. The lowest BCUT2D eigenvalue weighted by Crippen LogP contribution is -2.09. The Morgan fingerprint density at radius 1 is 1.53 bits per heavy atom. The van der Waals surface area contributed by atoms with E-state index in [9.17, 15) is 9.18 Å². The van der Waals surface area contributed by atoms with Crippen LogP contribution < -0.4 is 0 Å². The summed E-state index contributed by atoms with van der Waals surface area (Å²) in [5.41, 5.74) is 0.792. The molecule has 17 heavy (non-hydrogen) atoms. The largest absolute Gasteiger partial charge is 0.331 e. The average Bonchev–Trinajstić information content (AvgIpc) is 2.68. The molecule has 0 fully saturated rings. The Hall–Kier alpha value is -1.68. The minimum absolute atomic E-state index is 0.00252. The fourth-order valence-corrected chi connectivity index (χ4v) is 1.71. The van der Waals surface area contributed by atoms with Crippen molar-refractivity contribution >= 4 is 17.4 Å². The van der Waals surface area contributed by atoms with E-state index in [0.29, 0.717) is 16.3 Å². The summed E-state index contributed by atoms with van der Waals surface area (Å²) in [5, 5.41) is 0.319. The lowest BCUT2D eigenvalue weighted by Gasteiger charge is -2.03. The molecule has 1 aromatic carbocycles. The third-order valence-corrected chi connectivity index (χ3v) is 2.70. The van der Waals surface area contributed by atoms with Crippen LogP contribution in [0.2, 0.25) is 5.02 Å².